The fourth-order valence-corrected chi connectivity index (χ4v) is 3.78. The Hall–Kier alpha value is -1.09. The van der Waals surface area contributed by atoms with E-state index in [-0.39, 0.29) is 10.9 Å². The third-order valence-corrected chi connectivity index (χ3v) is 5.47. The summed E-state index contributed by atoms with van der Waals surface area (Å²) in [7, 11) is 0. The molecule has 0 aliphatic heterocycles. The first-order valence-electron chi connectivity index (χ1n) is 7.33. The summed E-state index contributed by atoms with van der Waals surface area (Å²) in [6, 6.07) is 9.11. The number of carbonyl (C=O) groups excluding carboxylic acids is 2. The van der Waals surface area contributed by atoms with Gasteiger partial charge in [0.05, 0.1) is 5.41 Å². The van der Waals surface area contributed by atoms with Crippen molar-refractivity contribution in [3.05, 3.63) is 35.9 Å². The Labute approximate surface area is 125 Å². The SMILES string of the molecule is CC(C)(C(=O)SC1CCCCC1)C(=O)c1ccccc1. The zero-order chi connectivity index (χ0) is 14.6. The third-order valence-electron chi connectivity index (χ3n) is 3.94. The Morgan fingerprint density at radius 2 is 1.65 bits per heavy atom. The zero-order valence-electron chi connectivity index (χ0n) is 12.2. The fourth-order valence-electron chi connectivity index (χ4n) is 2.52. The van der Waals surface area contributed by atoms with Crippen LogP contribution in [-0.2, 0) is 4.79 Å². The minimum atomic E-state index is -0.941. The van der Waals surface area contributed by atoms with Gasteiger partial charge in [-0.2, -0.15) is 0 Å². The lowest BCUT2D eigenvalue weighted by Crippen LogP contribution is -2.33. The van der Waals surface area contributed by atoms with Crippen LogP contribution in [0.1, 0.15) is 56.3 Å². The van der Waals surface area contributed by atoms with Crippen molar-refractivity contribution in [2.24, 2.45) is 5.41 Å². The maximum atomic E-state index is 12.5. The highest BCUT2D eigenvalue weighted by molar-refractivity contribution is 8.14. The summed E-state index contributed by atoms with van der Waals surface area (Å²) in [6.07, 6.45) is 5.89. The molecule has 3 heteroatoms. The first kappa shape index (κ1) is 15.3. The second kappa shape index (κ2) is 6.57. The molecule has 2 rings (SSSR count). The van der Waals surface area contributed by atoms with Gasteiger partial charge in [-0.1, -0.05) is 61.4 Å². The zero-order valence-corrected chi connectivity index (χ0v) is 13.0. The second-order valence-corrected chi connectivity index (χ2v) is 7.26. The van der Waals surface area contributed by atoms with Crippen LogP contribution in [0, 0.1) is 5.41 Å². The molecule has 0 heterocycles. The van der Waals surface area contributed by atoms with Crippen molar-refractivity contribution >= 4 is 22.7 Å². The summed E-state index contributed by atoms with van der Waals surface area (Å²) < 4.78 is 0. The van der Waals surface area contributed by atoms with E-state index in [0.29, 0.717) is 10.8 Å². The van der Waals surface area contributed by atoms with Crippen molar-refractivity contribution in [3.8, 4) is 0 Å². The van der Waals surface area contributed by atoms with E-state index in [9.17, 15) is 9.59 Å². The number of Topliss-reactive ketones (excluding diaryl/α,β-unsaturated/α-hetero) is 1. The highest BCUT2D eigenvalue weighted by Crippen LogP contribution is 2.35. The van der Waals surface area contributed by atoms with Crippen LogP contribution in [0.3, 0.4) is 0 Å². The van der Waals surface area contributed by atoms with Crippen molar-refractivity contribution in [2.75, 3.05) is 0 Å². The molecule has 0 radical (unpaired) electrons. The second-order valence-electron chi connectivity index (χ2n) is 5.99. The molecule has 0 aromatic heterocycles. The minimum absolute atomic E-state index is 0.0123. The summed E-state index contributed by atoms with van der Waals surface area (Å²) in [4.78, 5) is 25.0. The Kier molecular flexibility index (Phi) is 5.03. The number of thioether (sulfide) groups is 1. The van der Waals surface area contributed by atoms with E-state index in [4.69, 9.17) is 0 Å². The molecule has 1 saturated carbocycles. The maximum absolute atomic E-state index is 12.5. The molecule has 0 unspecified atom stereocenters. The van der Waals surface area contributed by atoms with Crippen LogP contribution in [0.15, 0.2) is 30.3 Å². The highest BCUT2D eigenvalue weighted by Gasteiger charge is 2.38. The van der Waals surface area contributed by atoms with Crippen LogP contribution in [0.25, 0.3) is 0 Å². The number of rotatable bonds is 4. The summed E-state index contributed by atoms with van der Waals surface area (Å²) in [5, 5.41) is 0.414. The smallest absolute Gasteiger partial charge is 0.202 e. The maximum Gasteiger partial charge on any atom is 0.202 e. The molecule has 1 fully saturated rings. The van der Waals surface area contributed by atoms with Gasteiger partial charge in [-0.15, -0.1) is 0 Å². The Morgan fingerprint density at radius 1 is 1.05 bits per heavy atom. The summed E-state index contributed by atoms with van der Waals surface area (Å²) >= 11 is 1.39. The van der Waals surface area contributed by atoms with E-state index in [1.165, 1.54) is 31.0 Å². The normalized spacial score (nSPS) is 16.9. The van der Waals surface area contributed by atoms with Crippen LogP contribution in [0.5, 0.6) is 0 Å². The molecule has 108 valence electrons. The molecule has 0 N–H and O–H groups in total. The van der Waals surface area contributed by atoms with Gasteiger partial charge >= 0.3 is 0 Å². The molecule has 1 aromatic rings. The van der Waals surface area contributed by atoms with E-state index in [0.717, 1.165) is 12.8 Å². The van der Waals surface area contributed by atoms with E-state index >= 15 is 0 Å². The number of benzene rings is 1. The standard InChI is InChI=1S/C17H22O2S/c1-17(2,15(18)13-9-5-3-6-10-13)16(19)20-14-11-7-4-8-12-14/h3,5-6,9-10,14H,4,7-8,11-12H2,1-2H3. The number of hydrogen-bond acceptors (Lipinski definition) is 3. The predicted octanol–water partition coefficient (Wildman–Crippen LogP) is 4.49. The summed E-state index contributed by atoms with van der Waals surface area (Å²) in [5.41, 5.74) is -0.321. The van der Waals surface area contributed by atoms with Crippen LogP contribution in [-0.4, -0.2) is 16.1 Å². The molecule has 0 saturated heterocycles. The Balaban J connectivity index is 2.04. The first-order valence-corrected chi connectivity index (χ1v) is 8.20. The quantitative estimate of drug-likeness (QED) is 0.605. The number of carbonyl (C=O) groups is 2. The van der Waals surface area contributed by atoms with Gasteiger partial charge in [0.2, 0.25) is 5.12 Å². The molecule has 1 aliphatic carbocycles. The van der Waals surface area contributed by atoms with Crippen LogP contribution >= 0.6 is 11.8 Å². The van der Waals surface area contributed by atoms with Gasteiger partial charge in [0, 0.05) is 10.8 Å². The molecule has 1 aromatic carbocycles. The van der Waals surface area contributed by atoms with Gasteiger partial charge in [0.25, 0.3) is 0 Å². The minimum Gasteiger partial charge on any atom is -0.293 e. The molecule has 2 nitrogen and oxygen atoms in total. The van der Waals surface area contributed by atoms with Gasteiger partial charge < -0.3 is 0 Å². The van der Waals surface area contributed by atoms with E-state index in [1.54, 1.807) is 26.0 Å². The molecule has 0 bridgehead atoms. The van der Waals surface area contributed by atoms with Gasteiger partial charge in [-0.25, -0.2) is 0 Å². The van der Waals surface area contributed by atoms with E-state index in [1.807, 2.05) is 18.2 Å². The molecular formula is C17H22O2S. The van der Waals surface area contributed by atoms with Crippen molar-refractivity contribution < 1.29 is 9.59 Å². The Morgan fingerprint density at radius 3 is 2.25 bits per heavy atom. The van der Waals surface area contributed by atoms with Crippen molar-refractivity contribution in [2.45, 2.75) is 51.2 Å². The fraction of sp³-hybridized carbons (Fsp3) is 0.529. The van der Waals surface area contributed by atoms with Crippen LogP contribution in [0.4, 0.5) is 0 Å². The van der Waals surface area contributed by atoms with E-state index < -0.39 is 5.41 Å². The van der Waals surface area contributed by atoms with Crippen LogP contribution < -0.4 is 0 Å². The molecule has 0 atom stereocenters. The number of ketones is 1. The van der Waals surface area contributed by atoms with Crippen molar-refractivity contribution in [1.29, 1.82) is 0 Å². The van der Waals surface area contributed by atoms with Crippen molar-refractivity contribution in [1.82, 2.24) is 0 Å². The summed E-state index contributed by atoms with van der Waals surface area (Å²) in [5.74, 6) is -0.0774. The highest BCUT2D eigenvalue weighted by atomic mass is 32.2. The monoisotopic (exact) mass is 290 g/mol. The Bertz CT molecular complexity index is 473. The molecule has 20 heavy (non-hydrogen) atoms. The first-order chi connectivity index (χ1) is 9.51. The largest absolute Gasteiger partial charge is 0.293 e. The lowest BCUT2D eigenvalue weighted by atomic mass is 9.85. The van der Waals surface area contributed by atoms with Gasteiger partial charge in [0.1, 0.15) is 0 Å². The third kappa shape index (κ3) is 3.51. The molecule has 1 aliphatic rings. The molecular weight excluding hydrogens is 268 g/mol. The average Bonchev–Trinajstić information content (AvgIpc) is 2.48. The van der Waals surface area contributed by atoms with Gasteiger partial charge in [0.15, 0.2) is 5.78 Å². The average molecular weight is 290 g/mol. The topological polar surface area (TPSA) is 34.1 Å². The van der Waals surface area contributed by atoms with E-state index in [2.05, 4.69) is 0 Å². The molecule has 0 amide bonds. The molecule has 0 spiro atoms. The number of hydrogen-bond donors (Lipinski definition) is 0. The van der Waals surface area contributed by atoms with Crippen LogP contribution in [0.2, 0.25) is 0 Å². The van der Waals surface area contributed by atoms with Gasteiger partial charge in [-0.3, -0.25) is 9.59 Å². The lowest BCUT2D eigenvalue weighted by Gasteiger charge is -2.26. The van der Waals surface area contributed by atoms with Crippen molar-refractivity contribution in [3.63, 3.8) is 0 Å². The van der Waals surface area contributed by atoms with Gasteiger partial charge in [-0.05, 0) is 26.7 Å². The lowest BCUT2D eigenvalue weighted by molar-refractivity contribution is -0.116. The summed E-state index contributed by atoms with van der Waals surface area (Å²) in [6.45, 7) is 3.50. The predicted molar refractivity (Wildman–Crippen MR) is 84.0 cm³/mol.